The SMILES string of the molecule is Cc1ccc(CS(=O)(=O)Nc2c(F)cc(-c3nc4cnc(N[C@@H]5CNC[C@@H](F)C5)nc4n(C(C)C)c3=O)c(F)c2F)cc1. The number of hydrogen-bond acceptors (Lipinski definition) is 8. The number of halogens is 4. The molecule has 0 radical (unpaired) electrons. The van der Waals surface area contributed by atoms with Gasteiger partial charge in [0.1, 0.15) is 23.1 Å². The van der Waals surface area contributed by atoms with Crippen molar-refractivity contribution in [1.82, 2.24) is 24.8 Å². The second kappa shape index (κ2) is 11.9. The Morgan fingerprint density at radius 1 is 1.09 bits per heavy atom. The molecule has 10 nitrogen and oxygen atoms in total. The maximum Gasteiger partial charge on any atom is 0.279 e. The average Bonchev–Trinajstić information content (AvgIpc) is 2.94. The van der Waals surface area contributed by atoms with Crippen LogP contribution >= 0.6 is 0 Å². The number of benzene rings is 2. The van der Waals surface area contributed by atoms with Crippen molar-refractivity contribution in [2.45, 2.75) is 51.2 Å². The summed E-state index contributed by atoms with van der Waals surface area (Å²) in [5.41, 5.74) is -2.18. The first-order valence-electron chi connectivity index (χ1n) is 13.5. The number of hydrogen-bond donors (Lipinski definition) is 3. The summed E-state index contributed by atoms with van der Waals surface area (Å²) in [5.74, 6) is -5.44. The van der Waals surface area contributed by atoms with Gasteiger partial charge in [-0.25, -0.2) is 35.9 Å². The highest BCUT2D eigenvalue weighted by Gasteiger charge is 2.28. The summed E-state index contributed by atoms with van der Waals surface area (Å²) in [6, 6.07) is 6.12. The largest absolute Gasteiger partial charge is 0.350 e. The minimum Gasteiger partial charge on any atom is -0.350 e. The summed E-state index contributed by atoms with van der Waals surface area (Å²) in [6.07, 6.45) is 0.445. The number of fused-ring (bicyclic) bond motifs is 1. The molecule has 1 saturated heterocycles. The fourth-order valence-corrected chi connectivity index (χ4v) is 6.07. The first-order chi connectivity index (χ1) is 20.3. The number of nitrogens with zero attached hydrogens (tertiary/aromatic N) is 4. The first-order valence-corrected chi connectivity index (χ1v) is 15.1. The van der Waals surface area contributed by atoms with Crippen LogP contribution in [0.3, 0.4) is 0 Å². The molecule has 228 valence electrons. The third-order valence-corrected chi connectivity index (χ3v) is 8.16. The summed E-state index contributed by atoms with van der Waals surface area (Å²) in [6.45, 7) is 5.84. The van der Waals surface area contributed by atoms with Crippen LogP contribution in [-0.4, -0.2) is 53.2 Å². The van der Waals surface area contributed by atoms with Gasteiger partial charge < -0.3 is 10.6 Å². The molecule has 1 fully saturated rings. The van der Waals surface area contributed by atoms with Gasteiger partial charge in [0, 0.05) is 37.2 Å². The molecule has 1 aliphatic heterocycles. The van der Waals surface area contributed by atoms with Crippen molar-refractivity contribution in [3.8, 4) is 11.3 Å². The summed E-state index contributed by atoms with van der Waals surface area (Å²) in [4.78, 5) is 26.2. The molecule has 15 heteroatoms. The Bertz CT molecular complexity index is 1850. The van der Waals surface area contributed by atoms with Gasteiger partial charge in [-0.3, -0.25) is 14.1 Å². The predicted octanol–water partition coefficient (Wildman–Crippen LogP) is 4.21. The number of rotatable bonds is 8. The van der Waals surface area contributed by atoms with Gasteiger partial charge in [-0.15, -0.1) is 0 Å². The van der Waals surface area contributed by atoms with E-state index in [-0.39, 0.29) is 36.1 Å². The van der Waals surface area contributed by atoms with Gasteiger partial charge in [0.25, 0.3) is 5.56 Å². The lowest BCUT2D eigenvalue weighted by molar-refractivity contribution is 0.254. The molecule has 1 aliphatic rings. The minimum atomic E-state index is -4.34. The molecule has 0 amide bonds. The summed E-state index contributed by atoms with van der Waals surface area (Å²) < 4.78 is 87.8. The van der Waals surface area contributed by atoms with Crippen molar-refractivity contribution >= 4 is 32.8 Å². The van der Waals surface area contributed by atoms with E-state index in [4.69, 9.17) is 0 Å². The third-order valence-electron chi connectivity index (χ3n) is 6.93. The highest BCUT2D eigenvalue weighted by Crippen LogP contribution is 2.31. The average molecular weight is 620 g/mol. The van der Waals surface area contributed by atoms with Crippen LogP contribution in [0.1, 0.15) is 37.4 Å². The molecule has 3 heterocycles. The lowest BCUT2D eigenvalue weighted by atomic mass is 10.1. The normalized spacial score (nSPS) is 17.4. The molecule has 0 bridgehead atoms. The fourth-order valence-electron chi connectivity index (χ4n) is 4.86. The van der Waals surface area contributed by atoms with Crippen molar-refractivity contribution in [2.24, 2.45) is 0 Å². The molecule has 2 atom stereocenters. The number of nitrogens with one attached hydrogen (secondary N) is 3. The topological polar surface area (TPSA) is 131 Å². The van der Waals surface area contributed by atoms with Crippen LogP contribution in [0.2, 0.25) is 0 Å². The predicted molar refractivity (Wildman–Crippen MR) is 155 cm³/mol. The second-order valence-electron chi connectivity index (χ2n) is 10.7. The van der Waals surface area contributed by atoms with Crippen molar-refractivity contribution < 1.29 is 26.0 Å². The number of aryl methyl sites for hydroxylation is 1. The van der Waals surface area contributed by atoms with E-state index >= 15 is 13.2 Å². The second-order valence-corrected chi connectivity index (χ2v) is 12.4. The Morgan fingerprint density at radius 2 is 1.81 bits per heavy atom. The zero-order valence-electron chi connectivity index (χ0n) is 23.5. The summed E-state index contributed by atoms with van der Waals surface area (Å²) in [7, 11) is -4.34. The maximum absolute atomic E-state index is 15.4. The number of piperidine rings is 1. The molecule has 2 aromatic carbocycles. The van der Waals surface area contributed by atoms with Crippen molar-refractivity contribution in [3.63, 3.8) is 0 Å². The molecular weight excluding hydrogens is 590 g/mol. The Kier molecular flexibility index (Phi) is 8.38. The van der Waals surface area contributed by atoms with Crippen LogP contribution in [0.4, 0.5) is 29.2 Å². The summed E-state index contributed by atoms with van der Waals surface area (Å²) in [5, 5.41) is 5.97. The number of aromatic nitrogens is 4. The van der Waals surface area contributed by atoms with Gasteiger partial charge in [-0.2, -0.15) is 4.98 Å². The highest BCUT2D eigenvalue weighted by atomic mass is 32.2. The molecule has 0 unspecified atom stereocenters. The Hall–Kier alpha value is -4.11. The van der Waals surface area contributed by atoms with E-state index < -0.39 is 67.9 Å². The van der Waals surface area contributed by atoms with Gasteiger partial charge in [-0.1, -0.05) is 29.8 Å². The van der Waals surface area contributed by atoms with E-state index in [1.54, 1.807) is 42.8 Å². The lowest BCUT2D eigenvalue weighted by Gasteiger charge is -2.26. The van der Waals surface area contributed by atoms with Crippen LogP contribution in [0.5, 0.6) is 0 Å². The monoisotopic (exact) mass is 619 g/mol. The van der Waals surface area contributed by atoms with E-state index in [0.29, 0.717) is 18.2 Å². The summed E-state index contributed by atoms with van der Waals surface area (Å²) >= 11 is 0. The van der Waals surface area contributed by atoms with Gasteiger partial charge in [0.2, 0.25) is 16.0 Å². The quantitative estimate of drug-likeness (QED) is 0.198. The number of sulfonamides is 1. The maximum atomic E-state index is 15.4. The van der Waals surface area contributed by atoms with Gasteiger partial charge >= 0.3 is 0 Å². The van der Waals surface area contributed by atoms with E-state index in [0.717, 1.165) is 5.56 Å². The lowest BCUT2D eigenvalue weighted by Crippen LogP contribution is -2.44. The van der Waals surface area contributed by atoms with Crippen molar-refractivity contribution in [3.05, 3.63) is 75.5 Å². The molecule has 4 aromatic rings. The molecule has 2 aromatic heterocycles. The van der Waals surface area contributed by atoms with Crippen LogP contribution in [0.25, 0.3) is 22.4 Å². The Balaban J connectivity index is 1.51. The van der Waals surface area contributed by atoms with Gasteiger partial charge in [0.05, 0.1) is 11.9 Å². The first kappa shape index (κ1) is 30.4. The zero-order valence-corrected chi connectivity index (χ0v) is 24.3. The standard InChI is InChI=1S/C28H29F4N7O3S/c1-14(2)39-26-21(12-34-28(37-26)35-18-8-17(29)10-33-11-18)36-24(27(39)40)19-9-20(30)25(23(32)22(19)31)38-43(41,42)13-16-6-4-15(3)5-7-16/h4-7,9,12,14,17-18,33,38H,8,10-11,13H2,1-3H3,(H,34,35,37)/t17-,18-/m0/s1. The van der Waals surface area contributed by atoms with Gasteiger partial charge in [-0.05, 0) is 32.4 Å². The van der Waals surface area contributed by atoms with E-state index in [1.807, 2.05) is 6.92 Å². The Labute approximate surface area is 244 Å². The number of alkyl halides is 1. The molecule has 0 saturated carbocycles. The minimum absolute atomic E-state index is 0.0297. The van der Waals surface area contributed by atoms with Gasteiger partial charge in [0.15, 0.2) is 23.1 Å². The molecular formula is C28H29F4N7O3S. The van der Waals surface area contributed by atoms with Crippen molar-refractivity contribution in [1.29, 1.82) is 0 Å². The van der Waals surface area contributed by atoms with E-state index in [9.17, 15) is 17.6 Å². The molecule has 43 heavy (non-hydrogen) atoms. The van der Waals surface area contributed by atoms with E-state index in [1.165, 1.54) is 10.8 Å². The van der Waals surface area contributed by atoms with Crippen LogP contribution in [0.15, 0.2) is 41.3 Å². The van der Waals surface area contributed by atoms with Crippen LogP contribution in [0, 0.1) is 24.4 Å². The van der Waals surface area contributed by atoms with E-state index in [2.05, 4.69) is 25.6 Å². The highest BCUT2D eigenvalue weighted by molar-refractivity contribution is 7.91. The smallest absolute Gasteiger partial charge is 0.279 e. The molecule has 3 N–H and O–H groups in total. The van der Waals surface area contributed by atoms with Crippen LogP contribution in [-0.2, 0) is 15.8 Å². The Morgan fingerprint density at radius 3 is 2.49 bits per heavy atom. The molecule has 0 aliphatic carbocycles. The fraction of sp³-hybridized carbons (Fsp3) is 0.357. The third kappa shape index (κ3) is 6.46. The molecule has 5 rings (SSSR count). The molecule has 0 spiro atoms. The van der Waals surface area contributed by atoms with Crippen LogP contribution < -0.4 is 20.9 Å². The zero-order chi connectivity index (χ0) is 31.1. The number of anilines is 2. The van der Waals surface area contributed by atoms with Crippen molar-refractivity contribution in [2.75, 3.05) is 23.1 Å².